The van der Waals surface area contributed by atoms with Gasteiger partial charge < -0.3 is 5.32 Å². The maximum Gasteiger partial charge on any atom is 0.277 e. The molecule has 0 unspecified atom stereocenters. The van der Waals surface area contributed by atoms with Crippen molar-refractivity contribution >= 4 is 11.7 Å². The van der Waals surface area contributed by atoms with Crippen LogP contribution in [0, 0.1) is 13.8 Å². The zero-order valence-corrected chi connectivity index (χ0v) is 9.64. The Morgan fingerprint density at radius 3 is 2.65 bits per heavy atom. The number of carbonyl (C=O) groups excluding carboxylic acids is 1. The molecule has 5 heteroatoms. The van der Waals surface area contributed by atoms with E-state index in [1.54, 1.807) is 12.4 Å². The predicted octanol–water partition coefficient (Wildman–Crippen LogP) is 1.74. The highest BCUT2D eigenvalue weighted by atomic mass is 16.1. The summed E-state index contributed by atoms with van der Waals surface area (Å²) in [6, 6.07) is 3.69. The van der Waals surface area contributed by atoms with Gasteiger partial charge >= 0.3 is 0 Å². The lowest BCUT2D eigenvalue weighted by Gasteiger charge is -2.05. The summed E-state index contributed by atoms with van der Waals surface area (Å²) in [6.07, 6.45) is 4.63. The summed E-state index contributed by atoms with van der Waals surface area (Å²) in [4.78, 5) is 23.9. The maximum absolute atomic E-state index is 11.8. The van der Waals surface area contributed by atoms with Crippen molar-refractivity contribution < 1.29 is 4.79 Å². The van der Waals surface area contributed by atoms with Crippen LogP contribution in [0.2, 0.25) is 0 Å². The van der Waals surface area contributed by atoms with Gasteiger partial charge in [0, 0.05) is 12.4 Å². The van der Waals surface area contributed by atoms with Gasteiger partial charge in [-0.05, 0) is 25.5 Å². The molecule has 0 aromatic carbocycles. The van der Waals surface area contributed by atoms with E-state index < -0.39 is 0 Å². The summed E-state index contributed by atoms with van der Waals surface area (Å²) in [5, 5.41) is 2.69. The third kappa shape index (κ3) is 2.63. The minimum atomic E-state index is -0.306. The number of nitrogens with zero attached hydrogens (tertiary/aromatic N) is 3. The fraction of sp³-hybridized carbons (Fsp3) is 0.167. The van der Waals surface area contributed by atoms with E-state index >= 15 is 0 Å². The molecule has 5 nitrogen and oxygen atoms in total. The van der Waals surface area contributed by atoms with Crippen LogP contribution in [0.5, 0.6) is 0 Å². The molecule has 0 fully saturated rings. The lowest BCUT2D eigenvalue weighted by molar-refractivity contribution is 0.102. The van der Waals surface area contributed by atoms with Crippen LogP contribution in [-0.4, -0.2) is 20.9 Å². The smallest absolute Gasteiger partial charge is 0.277 e. The maximum atomic E-state index is 11.8. The summed E-state index contributed by atoms with van der Waals surface area (Å²) in [7, 11) is 0. The van der Waals surface area contributed by atoms with Gasteiger partial charge in [-0.3, -0.25) is 9.78 Å². The molecule has 2 heterocycles. The number of aromatic nitrogens is 3. The van der Waals surface area contributed by atoms with E-state index in [1.165, 1.54) is 6.20 Å². The monoisotopic (exact) mass is 228 g/mol. The number of aryl methyl sites for hydroxylation is 2. The van der Waals surface area contributed by atoms with Gasteiger partial charge in [-0.25, -0.2) is 9.97 Å². The van der Waals surface area contributed by atoms with E-state index in [-0.39, 0.29) is 11.6 Å². The highest BCUT2D eigenvalue weighted by Gasteiger charge is 2.09. The minimum Gasteiger partial charge on any atom is -0.305 e. The Morgan fingerprint density at radius 1 is 1.18 bits per heavy atom. The molecule has 1 N–H and O–H groups in total. The van der Waals surface area contributed by atoms with Crippen LogP contribution in [0.3, 0.4) is 0 Å². The Bertz CT molecular complexity index is 536. The predicted molar refractivity (Wildman–Crippen MR) is 63.7 cm³/mol. The van der Waals surface area contributed by atoms with Gasteiger partial charge in [0.2, 0.25) is 0 Å². The van der Waals surface area contributed by atoms with Crippen molar-refractivity contribution in [1.82, 2.24) is 15.0 Å². The van der Waals surface area contributed by atoms with Gasteiger partial charge in [-0.1, -0.05) is 6.07 Å². The number of hydrogen-bond acceptors (Lipinski definition) is 4. The summed E-state index contributed by atoms with van der Waals surface area (Å²) in [6.45, 7) is 3.70. The van der Waals surface area contributed by atoms with E-state index in [4.69, 9.17) is 0 Å². The van der Waals surface area contributed by atoms with Crippen molar-refractivity contribution in [2.24, 2.45) is 0 Å². The van der Waals surface area contributed by atoms with Crippen molar-refractivity contribution in [3.05, 3.63) is 47.7 Å². The number of hydrogen-bond donors (Lipinski definition) is 1. The van der Waals surface area contributed by atoms with Gasteiger partial charge in [0.15, 0.2) is 0 Å². The van der Waals surface area contributed by atoms with Crippen LogP contribution >= 0.6 is 0 Å². The summed E-state index contributed by atoms with van der Waals surface area (Å²) in [5.41, 5.74) is 1.96. The molecule has 1 amide bonds. The second-order valence-electron chi connectivity index (χ2n) is 3.67. The molecular formula is C12H12N4O. The van der Waals surface area contributed by atoms with E-state index in [9.17, 15) is 4.79 Å². The molecule has 0 bridgehead atoms. The Kier molecular flexibility index (Phi) is 3.09. The molecule has 0 spiro atoms. The first kappa shape index (κ1) is 11.2. The van der Waals surface area contributed by atoms with Crippen molar-refractivity contribution in [2.45, 2.75) is 13.8 Å². The zero-order valence-electron chi connectivity index (χ0n) is 9.64. The van der Waals surface area contributed by atoms with Crippen LogP contribution in [0.4, 0.5) is 5.82 Å². The van der Waals surface area contributed by atoms with Crippen molar-refractivity contribution in [1.29, 1.82) is 0 Å². The quantitative estimate of drug-likeness (QED) is 0.850. The zero-order chi connectivity index (χ0) is 12.3. The first-order valence-corrected chi connectivity index (χ1v) is 5.18. The number of pyridine rings is 1. The molecule has 17 heavy (non-hydrogen) atoms. The first-order valence-electron chi connectivity index (χ1n) is 5.18. The summed E-state index contributed by atoms with van der Waals surface area (Å²) in [5.74, 6) is 0.235. The third-order valence-electron chi connectivity index (χ3n) is 2.25. The van der Waals surface area contributed by atoms with Crippen LogP contribution < -0.4 is 5.32 Å². The van der Waals surface area contributed by atoms with Crippen LogP contribution in [0.25, 0.3) is 0 Å². The van der Waals surface area contributed by atoms with Gasteiger partial charge in [0.05, 0.1) is 11.9 Å². The first-order chi connectivity index (χ1) is 8.16. The van der Waals surface area contributed by atoms with Gasteiger partial charge in [-0.15, -0.1) is 0 Å². The van der Waals surface area contributed by atoms with E-state index in [0.717, 1.165) is 11.3 Å². The number of carbonyl (C=O) groups is 1. The molecule has 0 aliphatic rings. The van der Waals surface area contributed by atoms with Gasteiger partial charge in [-0.2, -0.15) is 0 Å². The molecule has 0 atom stereocenters. The fourth-order valence-corrected chi connectivity index (χ4v) is 1.30. The lowest BCUT2D eigenvalue weighted by Crippen LogP contribution is -2.15. The van der Waals surface area contributed by atoms with Crippen LogP contribution in [0.1, 0.15) is 21.7 Å². The van der Waals surface area contributed by atoms with E-state index in [2.05, 4.69) is 20.3 Å². The second kappa shape index (κ2) is 4.69. The number of anilines is 1. The summed E-state index contributed by atoms with van der Waals surface area (Å²) >= 11 is 0. The Balaban J connectivity index is 2.17. The molecule has 0 saturated heterocycles. The number of nitrogens with one attached hydrogen (secondary N) is 1. The molecule has 2 aromatic rings. The highest BCUT2D eigenvalue weighted by molar-refractivity contribution is 6.02. The molecule has 0 aliphatic heterocycles. The van der Waals surface area contributed by atoms with Gasteiger partial charge in [0.1, 0.15) is 11.5 Å². The molecule has 0 aliphatic carbocycles. The molecule has 0 saturated carbocycles. The molecule has 2 aromatic heterocycles. The van der Waals surface area contributed by atoms with Crippen molar-refractivity contribution in [3.63, 3.8) is 0 Å². The Labute approximate surface area is 99.0 Å². The number of rotatable bonds is 2. The van der Waals surface area contributed by atoms with Crippen LogP contribution in [-0.2, 0) is 0 Å². The molecule has 86 valence electrons. The third-order valence-corrected chi connectivity index (χ3v) is 2.25. The standard InChI is InChI=1S/C12H12N4O/c1-8-4-3-5-13-11(8)16-12(17)10-7-14-9(2)6-15-10/h3-7H,1-2H3,(H,13,16,17). The second-order valence-corrected chi connectivity index (χ2v) is 3.67. The Hall–Kier alpha value is -2.30. The lowest BCUT2D eigenvalue weighted by atomic mass is 10.3. The van der Waals surface area contributed by atoms with Gasteiger partial charge in [0.25, 0.3) is 5.91 Å². The molecule has 0 radical (unpaired) electrons. The topological polar surface area (TPSA) is 67.8 Å². The van der Waals surface area contributed by atoms with E-state index in [0.29, 0.717) is 5.82 Å². The molecule has 2 rings (SSSR count). The Morgan fingerprint density at radius 2 is 2.00 bits per heavy atom. The average molecular weight is 228 g/mol. The van der Waals surface area contributed by atoms with E-state index in [1.807, 2.05) is 26.0 Å². The average Bonchev–Trinajstić information content (AvgIpc) is 2.33. The number of amides is 1. The largest absolute Gasteiger partial charge is 0.305 e. The fourth-order valence-electron chi connectivity index (χ4n) is 1.30. The SMILES string of the molecule is Cc1cnc(C(=O)Nc2ncccc2C)cn1. The van der Waals surface area contributed by atoms with Crippen molar-refractivity contribution in [2.75, 3.05) is 5.32 Å². The molecular weight excluding hydrogens is 216 g/mol. The van der Waals surface area contributed by atoms with Crippen molar-refractivity contribution in [3.8, 4) is 0 Å². The summed E-state index contributed by atoms with van der Waals surface area (Å²) < 4.78 is 0. The minimum absolute atomic E-state index is 0.278. The normalized spacial score (nSPS) is 10.0. The van der Waals surface area contributed by atoms with Crippen LogP contribution in [0.15, 0.2) is 30.7 Å². The highest BCUT2D eigenvalue weighted by Crippen LogP contribution is 2.10.